The first-order valence-electron chi connectivity index (χ1n) is 8.98. The van der Waals surface area contributed by atoms with E-state index >= 15 is 0 Å². The van der Waals surface area contributed by atoms with Gasteiger partial charge in [-0.1, -0.05) is 30.3 Å². The fourth-order valence-electron chi connectivity index (χ4n) is 3.38. The minimum atomic E-state index is 0.591. The summed E-state index contributed by atoms with van der Waals surface area (Å²) in [7, 11) is 0. The molecular weight excluding hydrogens is 336 g/mol. The van der Waals surface area contributed by atoms with Gasteiger partial charge in [0.15, 0.2) is 11.6 Å². The molecule has 0 saturated heterocycles. The molecule has 0 spiro atoms. The number of para-hydroxylation sites is 2. The van der Waals surface area contributed by atoms with Gasteiger partial charge in [-0.15, -0.1) is 0 Å². The summed E-state index contributed by atoms with van der Waals surface area (Å²) in [5.74, 6) is 2.08. The highest BCUT2D eigenvalue weighted by molar-refractivity contribution is 5.90. The number of hydrogen-bond donors (Lipinski definition) is 2. The molecule has 132 valence electrons. The topological polar surface area (TPSA) is 66.7 Å². The molecule has 3 heterocycles. The molecule has 5 nitrogen and oxygen atoms in total. The Hall–Kier alpha value is -3.60. The number of aromatic nitrogens is 3. The van der Waals surface area contributed by atoms with E-state index in [1.165, 1.54) is 16.5 Å². The smallest absolute Gasteiger partial charge is 0.198 e. The zero-order chi connectivity index (χ0) is 18.1. The molecular formula is C22H18N4O. The molecule has 0 saturated carbocycles. The van der Waals surface area contributed by atoms with Crippen LogP contribution in [0.15, 0.2) is 77.5 Å². The number of rotatable bonds is 5. The lowest BCUT2D eigenvalue weighted by molar-refractivity contribution is 0.577. The van der Waals surface area contributed by atoms with E-state index in [0.29, 0.717) is 11.6 Å². The van der Waals surface area contributed by atoms with Gasteiger partial charge in [0, 0.05) is 29.0 Å². The van der Waals surface area contributed by atoms with E-state index in [4.69, 9.17) is 9.40 Å². The molecule has 3 aromatic heterocycles. The lowest BCUT2D eigenvalue weighted by Gasteiger charge is -2.10. The standard InChI is InChI=1S/C22H18N4O/c1-3-8-18-16(6-1)15(14-24-18)11-12-23-21-17-7-2-4-9-19(17)25-22(26-21)20-10-5-13-27-20/h1-10,13-14,24H,11-12H2,(H,23,25,26). The number of H-pyrrole nitrogens is 1. The van der Waals surface area contributed by atoms with Crippen LogP contribution < -0.4 is 5.32 Å². The third-order valence-corrected chi connectivity index (χ3v) is 4.71. The van der Waals surface area contributed by atoms with Crippen LogP contribution in [0.4, 0.5) is 5.82 Å². The van der Waals surface area contributed by atoms with Crippen LogP contribution in [0.25, 0.3) is 33.4 Å². The number of nitrogens with one attached hydrogen (secondary N) is 2. The fourth-order valence-corrected chi connectivity index (χ4v) is 3.38. The van der Waals surface area contributed by atoms with Crippen LogP contribution in [0.3, 0.4) is 0 Å². The Labute approximate surface area is 156 Å². The van der Waals surface area contributed by atoms with Crippen molar-refractivity contribution >= 4 is 27.6 Å². The monoisotopic (exact) mass is 354 g/mol. The second-order valence-corrected chi connectivity index (χ2v) is 6.43. The van der Waals surface area contributed by atoms with Gasteiger partial charge in [0.05, 0.1) is 11.8 Å². The number of nitrogens with zero attached hydrogens (tertiary/aromatic N) is 2. The summed E-state index contributed by atoms with van der Waals surface area (Å²) in [6.07, 6.45) is 4.62. The molecule has 0 fully saturated rings. The SMILES string of the molecule is c1coc(-c2nc(NCCc3c[nH]c4ccccc34)c3ccccc3n2)c1. The summed E-state index contributed by atoms with van der Waals surface area (Å²) in [6.45, 7) is 0.778. The van der Waals surface area contributed by atoms with Gasteiger partial charge in [-0.25, -0.2) is 9.97 Å². The maximum absolute atomic E-state index is 5.48. The average molecular weight is 354 g/mol. The highest BCUT2D eigenvalue weighted by Gasteiger charge is 2.11. The predicted molar refractivity (Wildman–Crippen MR) is 108 cm³/mol. The number of furan rings is 1. The molecule has 2 aromatic carbocycles. The van der Waals surface area contributed by atoms with Gasteiger partial charge in [-0.05, 0) is 42.3 Å². The summed E-state index contributed by atoms with van der Waals surface area (Å²) < 4.78 is 5.48. The predicted octanol–water partition coefficient (Wildman–Crippen LogP) is 5.03. The highest BCUT2D eigenvalue weighted by Crippen LogP contribution is 2.25. The van der Waals surface area contributed by atoms with E-state index in [1.807, 2.05) is 42.5 Å². The molecule has 5 heteroatoms. The Morgan fingerprint density at radius 3 is 2.63 bits per heavy atom. The number of anilines is 1. The van der Waals surface area contributed by atoms with Crippen LogP contribution in [-0.4, -0.2) is 21.5 Å². The lowest BCUT2D eigenvalue weighted by Crippen LogP contribution is -2.08. The molecule has 0 radical (unpaired) electrons. The molecule has 0 aliphatic carbocycles. The third kappa shape index (κ3) is 2.93. The van der Waals surface area contributed by atoms with Crippen LogP contribution in [0, 0.1) is 0 Å². The van der Waals surface area contributed by atoms with Gasteiger partial charge in [-0.2, -0.15) is 0 Å². The number of aromatic amines is 1. The minimum Gasteiger partial charge on any atom is -0.461 e. The second kappa shape index (κ2) is 6.61. The fraction of sp³-hybridized carbons (Fsp3) is 0.0909. The van der Waals surface area contributed by atoms with Crippen LogP contribution in [0.1, 0.15) is 5.56 Å². The summed E-state index contributed by atoms with van der Waals surface area (Å²) >= 11 is 0. The van der Waals surface area contributed by atoms with Crippen LogP contribution in [-0.2, 0) is 6.42 Å². The zero-order valence-electron chi connectivity index (χ0n) is 14.6. The van der Waals surface area contributed by atoms with Gasteiger partial charge in [-0.3, -0.25) is 0 Å². The van der Waals surface area contributed by atoms with E-state index < -0.39 is 0 Å². The first kappa shape index (κ1) is 15.6. The molecule has 5 aromatic rings. The van der Waals surface area contributed by atoms with Gasteiger partial charge >= 0.3 is 0 Å². The van der Waals surface area contributed by atoms with E-state index in [9.17, 15) is 0 Å². The van der Waals surface area contributed by atoms with E-state index in [1.54, 1.807) is 6.26 Å². The van der Waals surface area contributed by atoms with Crippen molar-refractivity contribution in [3.63, 3.8) is 0 Å². The summed E-state index contributed by atoms with van der Waals surface area (Å²) in [6, 6.07) is 20.1. The molecule has 5 rings (SSSR count). The Balaban J connectivity index is 1.44. The minimum absolute atomic E-state index is 0.591. The average Bonchev–Trinajstić information content (AvgIpc) is 3.38. The maximum Gasteiger partial charge on any atom is 0.198 e. The van der Waals surface area contributed by atoms with Crippen LogP contribution in [0.2, 0.25) is 0 Å². The Morgan fingerprint density at radius 2 is 1.74 bits per heavy atom. The van der Waals surface area contributed by atoms with E-state index in [-0.39, 0.29) is 0 Å². The second-order valence-electron chi connectivity index (χ2n) is 6.43. The Kier molecular flexibility index (Phi) is 3.83. The van der Waals surface area contributed by atoms with Crippen molar-refractivity contribution in [1.82, 2.24) is 15.0 Å². The Bertz CT molecular complexity index is 1210. The van der Waals surface area contributed by atoms with Gasteiger partial charge < -0.3 is 14.7 Å². The quantitative estimate of drug-likeness (QED) is 0.465. The molecule has 0 aliphatic rings. The van der Waals surface area contributed by atoms with Crippen molar-refractivity contribution in [2.75, 3.05) is 11.9 Å². The first-order chi connectivity index (χ1) is 13.4. The Morgan fingerprint density at radius 1 is 0.889 bits per heavy atom. The van der Waals surface area contributed by atoms with Crippen molar-refractivity contribution in [3.8, 4) is 11.6 Å². The molecule has 0 amide bonds. The van der Waals surface area contributed by atoms with Gasteiger partial charge in [0.2, 0.25) is 0 Å². The highest BCUT2D eigenvalue weighted by atomic mass is 16.3. The third-order valence-electron chi connectivity index (χ3n) is 4.71. The maximum atomic E-state index is 5.48. The molecule has 0 unspecified atom stereocenters. The van der Waals surface area contributed by atoms with Crippen molar-refractivity contribution in [2.24, 2.45) is 0 Å². The van der Waals surface area contributed by atoms with Crippen LogP contribution in [0.5, 0.6) is 0 Å². The number of fused-ring (bicyclic) bond motifs is 2. The van der Waals surface area contributed by atoms with Crippen molar-refractivity contribution in [2.45, 2.75) is 6.42 Å². The van der Waals surface area contributed by atoms with Crippen molar-refractivity contribution in [1.29, 1.82) is 0 Å². The van der Waals surface area contributed by atoms with Crippen molar-refractivity contribution < 1.29 is 4.42 Å². The van der Waals surface area contributed by atoms with E-state index in [2.05, 4.69) is 39.7 Å². The summed E-state index contributed by atoms with van der Waals surface area (Å²) in [5, 5.41) is 5.76. The van der Waals surface area contributed by atoms with Gasteiger partial charge in [0.25, 0.3) is 0 Å². The summed E-state index contributed by atoms with van der Waals surface area (Å²) in [5.41, 5.74) is 3.36. The lowest BCUT2D eigenvalue weighted by atomic mass is 10.1. The van der Waals surface area contributed by atoms with Crippen LogP contribution >= 0.6 is 0 Å². The number of benzene rings is 2. The van der Waals surface area contributed by atoms with Gasteiger partial charge in [0.1, 0.15) is 5.82 Å². The van der Waals surface area contributed by atoms with Crippen molar-refractivity contribution in [3.05, 3.63) is 78.7 Å². The molecule has 27 heavy (non-hydrogen) atoms. The largest absolute Gasteiger partial charge is 0.461 e. The normalized spacial score (nSPS) is 11.3. The molecule has 2 N–H and O–H groups in total. The molecule has 0 atom stereocenters. The van der Waals surface area contributed by atoms with E-state index in [0.717, 1.165) is 29.7 Å². The molecule has 0 bridgehead atoms. The first-order valence-corrected chi connectivity index (χ1v) is 8.98. The molecule has 0 aliphatic heterocycles. The zero-order valence-corrected chi connectivity index (χ0v) is 14.6. The summed E-state index contributed by atoms with van der Waals surface area (Å²) in [4.78, 5) is 12.7. The number of hydrogen-bond acceptors (Lipinski definition) is 4.